The van der Waals surface area contributed by atoms with Gasteiger partial charge in [0.05, 0.1) is 34.5 Å². The summed E-state index contributed by atoms with van der Waals surface area (Å²) in [6.45, 7) is 6.75. The molecule has 8 rings (SSSR count). The van der Waals surface area contributed by atoms with E-state index in [0.717, 1.165) is 59.5 Å². The zero-order chi connectivity index (χ0) is 22.8. The van der Waals surface area contributed by atoms with Crippen LogP contribution in [0.2, 0.25) is 0 Å². The first-order chi connectivity index (χ1) is 15.7. The molecular weight excluding hydrogens is 410 g/mol. The lowest BCUT2D eigenvalue weighted by Gasteiger charge is -2.45. The predicted molar refractivity (Wildman–Crippen MR) is 126 cm³/mol. The lowest BCUT2D eigenvalue weighted by atomic mass is 9.61. The minimum absolute atomic E-state index is 0.0365. The average molecular weight is 440 g/mol. The van der Waals surface area contributed by atoms with E-state index in [2.05, 4.69) is 41.3 Å². The van der Waals surface area contributed by atoms with E-state index in [-0.39, 0.29) is 16.2 Å². The van der Waals surface area contributed by atoms with Gasteiger partial charge in [0.1, 0.15) is 5.82 Å². The highest BCUT2D eigenvalue weighted by atomic mass is 16.3. The average Bonchev–Trinajstić information content (AvgIpc) is 3.43. The summed E-state index contributed by atoms with van der Waals surface area (Å²) in [6.07, 6.45) is 7.29. The number of hydrogen-bond acceptors (Lipinski definition) is 5. The van der Waals surface area contributed by atoms with Crippen molar-refractivity contribution in [3.63, 3.8) is 0 Å². The minimum atomic E-state index is -0.683. The van der Waals surface area contributed by atoms with Crippen LogP contribution in [0, 0.1) is 29.1 Å². The Kier molecular flexibility index (Phi) is 3.42. The molecule has 33 heavy (non-hydrogen) atoms. The Bertz CT molecular complexity index is 1370. The van der Waals surface area contributed by atoms with E-state index in [1.54, 1.807) is 0 Å². The van der Waals surface area contributed by atoms with Gasteiger partial charge in [-0.1, -0.05) is 12.1 Å². The molecule has 168 valence electrons. The molecule has 2 saturated heterocycles. The van der Waals surface area contributed by atoms with Crippen LogP contribution in [-0.2, 0) is 5.41 Å². The molecule has 3 aliphatic carbocycles. The molecule has 2 bridgehead atoms. The molecule has 5 fully saturated rings. The Morgan fingerprint density at radius 1 is 1.18 bits per heavy atom. The fourth-order valence-corrected chi connectivity index (χ4v) is 6.85. The number of fused-ring (bicyclic) bond motifs is 2. The first-order valence-corrected chi connectivity index (χ1v) is 12.1. The van der Waals surface area contributed by atoms with Gasteiger partial charge in [0.2, 0.25) is 0 Å². The van der Waals surface area contributed by atoms with Gasteiger partial charge in [-0.05, 0) is 76.0 Å². The number of pyridine rings is 1. The van der Waals surface area contributed by atoms with E-state index in [1.807, 2.05) is 31.6 Å². The van der Waals surface area contributed by atoms with Crippen molar-refractivity contribution < 1.29 is 5.11 Å². The van der Waals surface area contributed by atoms with Gasteiger partial charge >= 0.3 is 0 Å². The van der Waals surface area contributed by atoms with Crippen LogP contribution < -0.4 is 4.90 Å². The molecule has 0 radical (unpaired) electrons. The van der Waals surface area contributed by atoms with Gasteiger partial charge in [-0.15, -0.1) is 0 Å². The van der Waals surface area contributed by atoms with Gasteiger partial charge in [0.15, 0.2) is 0 Å². The molecule has 1 atom stereocenters. The number of aryl methyl sites for hydroxylation is 1. The maximum absolute atomic E-state index is 10.7. The van der Waals surface area contributed by atoms with E-state index in [9.17, 15) is 10.4 Å². The Balaban J connectivity index is 1.28. The van der Waals surface area contributed by atoms with Crippen LogP contribution in [-0.4, -0.2) is 38.1 Å². The van der Waals surface area contributed by atoms with Gasteiger partial charge < -0.3 is 10.0 Å². The SMILES string of the molecule is Cc1cc(-n2ncc3ccc(C4(C#N)CC45CC5)cc32)cc(N2CC3(C(C)(C)O)CC2C3)n1. The molecule has 1 spiro atoms. The maximum Gasteiger partial charge on any atom is 0.131 e. The number of nitrogens with zero attached hydrogens (tertiary/aromatic N) is 5. The monoisotopic (exact) mass is 439 g/mol. The molecule has 0 amide bonds. The van der Waals surface area contributed by atoms with Gasteiger partial charge in [-0.2, -0.15) is 10.4 Å². The van der Waals surface area contributed by atoms with Crippen LogP contribution in [0.25, 0.3) is 16.6 Å². The number of rotatable bonds is 4. The number of aliphatic hydroxyl groups is 1. The van der Waals surface area contributed by atoms with Crippen molar-refractivity contribution in [3.05, 3.63) is 47.8 Å². The lowest BCUT2D eigenvalue weighted by molar-refractivity contribution is -0.0754. The predicted octanol–water partition coefficient (Wildman–Crippen LogP) is 4.41. The van der Waals surface area contributed by atoms with Gasteiger partial charge in [-0.3, -0.25) is 0 Å². The zero-order valence-corrected chi connectivity index (χ0v) is 19.5. The summed E-state index contributed by atoms with van der Waals surface area (Å²) in [7, 11) is 0. The molecule has 1 N–H and O–H groups in total. The highest BCUT2D eigenvalue weighted by Gasteiger charge is 2.75. The molecule has 5 aliphatic rings. The molecule has 1 aromatic carbocycles. The topological polar surface area (TPSA) is 78.0 Å². The van der Waals surface area contributed by atoms with Crippen LogP contribution in [0.1, 0.15) is 57.2 Å². The maximum atomic E-state index is 10.7. The molecule has 3 saturated carbocycles. The fraction of sp³-hybridized carbons (Fsp3) is 0.519. The van der Waals surface area contributed by atoms with Crippen LogP contribution in [0.5, 0.6) is 0 Å². The van der Waals surface area contributed by atoms with E-state index in [1.165, 1.54) is 12.8 Å². The van der Waals surface area contributed by atoms with Crippen LogP contribution >= 0.6 is 0 Å². The van der Waals surface area contributed by atoms with Crippen molar-refractivity contribution in [1.29, 1.82) is 5.26 Å². The van der Waals surface area contributed by atoms with Crippen molar-refractivity contribution >= 4 is 16.7 Å². The Morgan fingerprint density at radius 3 is 2.61 bits per heavy atom. The molecule has 6 heteroatoms. The van der Waals surface area contributed by atoms with E-state index >= 15 is 0 Å². The summed E-state index contributed by atoms with van der Waals surface area (Å²) < 4.78 is 2.00. The molecule has 6 nitrogen and oxygen atoms in total. The molecule has 2 aliphatic heterocycles. The Labute approximate surface area is 193 Å². The summed E-state index contributed by atoms with van der Waals surface area (Å²) >= 11 is 0. The number of hydrogen-bond donors (Lipinski definition) is 1. The van der Waals surface area contributed by atoms with E-state index in [0.29, 0.717) is 6.04 Å². The summed E-state index contributed by atoms with van der Waals surface area (Å²) in [4.78, 5) is 7.24. The van der Waals surface area contributed by atoms with Crippen LogP contribution in [0.3, 0.4) is 0 Å². The second kappa shape index (κ2) is 5.77. The normalized spacial score (nSPS) is 31.0. The third-order valence-corrected chi connectivity index (χ3v) is 9.42. The first-order valence-electron chi connectivity index (χ1n) is 12.1. The summed E-state index contributed by atoms with van der Waals surface area (Å²) in [6, 6.07) is 13.7. The quantitative estimate of drug-likeness (QED) is 0.651. The van der Waals surface area contributed by atoms with Gasteiger partial charge in [0, 0.05) is 35.1 Å². The van der Waals surface area contributed by atoms with Crippen LogP contribution in [0.4, 0.5) is 5.82 Å². The van der Waals surface area contributed by atoms with Crippen molar-refractivity contribution in [3.8, 4) is 11.8 Å². The summed E-state index contributed by atoms with van der Waals surface area (Å²) in [5.74, 6) is 0.964. The number of anilines is 1. The molecule has 3 aromatic rings. The highest BCUT2D eigenvalue weighted by molar-refractivity contribution is 5.82. The standard InChI is InChI=1S/C27H29N5O/c1-17-8-20(10-23(30-17)31-16-26(24(2,3)33)11-21(31)12-26)32-22-9-19(5-4-18(22)13-29-32)27(15-28)14-25(27)6-7-25/h4-5,8-10,13,21,33H,6-7,11-12,14,16H2,1-3H3. The third kappa shape index (κ3) is 2.41. The second-order valence-electron chi connectivity index (χ2n) is 11.7. The number of benzene rings is 1. The second-order valence-corrected chi connectivity index (χ2v) is 11.7. The number of nitriles is 1. The fourth-order valence-electron chi connectivity index (χ4n) is 6.85. The number of aromatic nitrogens is 3. The van der Waals surface area contributed by atoms with E-state index in [4.69, 9.17) is 10.1 Å². The highest BCUT2D eigenvalue weighted by Crippen LogP contribution is 2.78. The van der Waals surface area contributed by atoms with E-state index < -0.39 is 5.60 Å². The van der Waals surface area contributed by atoms with Crippen molar-refractivity contribution in [2.45, 2.75) is 69.9 Å². The van der Waals surface area contributed by atoms with Crippen molar-refractivity contribution in [2.75, 3.05) is 11.4 Å². The van der Waals surface area contributed by atoms with Crippen LogP contribution in [0.15, 0.2) is 36.5 Å². The third-order valence-electron chi connectivity index (χ3n) is 9.42. The Morgan fingerprint density at radius 2 is 1.97 bits per heavy atom. The lowest BCUT2D eigenvalue weighted by Crippen LogP contribution is -2.50. The van der Waals surface area contributed by atoms with Crippen molar-refractivity contribution in [1.82, 2.24) is 14.8 Å². The first kappa shape index (κ1) is 19.5. The minimum Gasteiger partial charge on any atom is -0.390 e. The largest absolute Gasteiger partial charge is 0.390 e. The van der Waals surface area contributed by atoms with Crippen molar-refractivity contribution in [2.24, 2.45) is 10.8 Å². The molecule has 1 unspecified atom stereocenters. The van der Waals surface area contributed by atoms with Gasteiger partial charge in [0.25, 0.3) is 0 Å². The Hall–Kier alpha value is -2.91. The smallest absolute Gasteiger partial charge is 0.131 e. The summed E-state index contributed by atoms with van der Waals surface area (Å²) in [5, 5.41) is 26.5. The molecular formula is C27H29N5O. The molecule has 2 aromatic heterocycles. The molecule has 4 heterocycles. The zero-order valence-electron chi connectivity index (χ0n) is 19.5. The summed E-state index contributed by atoms with van der Waals surface area (Å²) in [5.41, 5.74) is 3.34. The van der Waals surface area contributed by atoms with Gasteiger partial charge in [-0.25, -0.2) is 9.67 Å².